The summed E-state index contributed by atoms with van der Waals surface area (Å²) in [6, 6.07) is -0.719. The number of amides is 1. The van der Waals surface area contributed by atoms with Gasteiger partial charge in [0.05, 0.1) is 25.2 Å². The Kier molecular flexibility index (Phi) is 48.1. The van der Waals surface area contributed by atoms with E-state index in [1.54, 1.807) is 0 Å². The molecule has 0 heterocycles. The van der Waals surface area contributed by atoms with E-state index in [2.05, 4.69) is 99.0 Å². The van der Waals surface area contributed by atoms with Gasteiger partial charge in [-0.1, -0.05) is 222 Å². The monoisotopic (exact) mass is 880 g/mol. The Morgan fingerprint density at radius 1 is 0.476 bits per heavy atom. The van der Waals surface area contributed by atoms with E-state index in [0.29, 0.717) is 19.3 Å². The van der Waals surface area contributed by atoms with Crippen molar-refractivity contribution >= 4 is 11.9 Å². The van der Waals surface area contributed by atoms with Gasteiger partial charge in [-0.05, 0) is 89.9 Å². The van der Waals surface area contributed by atoms with Crippen molar-refractivity contribution in [2.75, 3.05) is 6.61 Å². The molecule has 0 spiro atoms. The fourth-order valence-electron chi connectivity index (χ4n) is 7.75. The Hall–Kier alpha value is -2.70. The van der Waals surface area contributed by atoms with Crippen molar-refractivity contribution in [1.29, 1.82) is 0 Å². The number of rotatable bonds is 47. The summed E-state index contributed by atoms with van der Waals surface area (Å²) in [5.74, 6) is -0.541. The molecule has 0 rings (SSSR count). The molecule has 0 aliphatic rings. The normalized spacial score (nSPS) is 13.8. The van der Waals surface area contributed by atoms with Crippen molar-refractivity contribution in [1.82, 2.24) is 5.32 Å². The Labute approximate surface area is 390 Å². The van der Waals surface area contributed by atoms with E-state index in [9.17, 15) is 19.8 Å². The molecule has 0 bridgehead atoms. The maximum Gasteiger partial charge on any atom is 0.306 e. The van der Waals surface area contributed by atoms with Crippen LogP contribution in [0, 0.1) is 0 Å². The van der Waals surface area contributed by atoms with Gasteiger partial charge in [-0.15, -0.1) is 0 Å². The molecule has 6 heteroatoms. The first-order chi connectivity index (χ1) is 31.0. The van der Waals surface area contributed by atoms with Crippen LogP contribution in [0.25, 0.3) is 0 Å². The lowest BCUT2D eigenvalue weighted by Gasteiger charge is -2.24. The predicted molar refractivity (Wildman–Crippen MR) is 273 cm³/mol. The van der Waals surface area contributed by atoms with E-state index < -0.39 is 18.2 Å². The van der Waals surface area contributed by atoms with E-state index in [1.807, 2.05) is 0 Å². The molecule has 0 aliphatic heterocycles. The summed E-state index contributed by atoms with van der Waals surface area (Å²) in [5, 5.41) is 23.8. The number of carbonyl (C=O) groups is 2. The van der Waals surface area contributed by atoms with Gasteiger partial charge in [-0.2, -0.15) is 0 Å². The van der Waals surface area contributed by atoms with Crippen molar-refractivity contribution in [2.45, 2.75) is 270 Å². The summed E-state index contributed by atoms with van der Waals surface area (Å²) in [7, 11) is 0. The lowest BCUT2D eigenvalue weighted by atomic mass is 10.0. The smallest absolute Gasteiger partial charge is 0.306 e. The molecular formula is C57H101NO5. The van der Waals surface area contributed by atoms with Crippen LogP contribution in [-0.4, -0.2) is 46.9 Å². The molecule has 0 saturated carbocycles. The molecule has 6 nitrogen and oxygen atoms in total. The lowest BCUT2D eigenvalue weighted by molar-refractivity contribution is -0.151. The standard InChI is InChI=1S/C57H101NO5/c1-4-7-10-13-16-19-22-24-26-27-28-29-30-32-35-38-41-44-47-50-57(62)63-53(48-45-42-39-36-33-21-18-15-12-9-6-3)51-56(61)58-54(52-59)55(60)49-46-43-40-37-34-31-25-23-20-17-14-11-8-5-2/h7,10,16,19,24,26,28-29,32,35-36,39,53-55,59-60H,4-6,8-9,11-15,17-18,20-23,25,27,30-31,33-34,37-38,40-52H2,1-3H3,(H,58,61)/b10-7-,19-16-,26-24-,29-28-,35-32-,39-36-. The SMILES string of the molecule is CC/C=C\C/C=C\C/C=C\C/C=C\C/C=C\CCCCCC(=O)OC(CCC/C=C\CCCCCCCC)CC(=O)NC(CO)C(O)CCCCCCCCCCCCCCCC. The van der Waals surface area contributed by atoms with Crippen molar-refractivity contribution in [3.8, 4) is 0 Å². The first-order valence-corrected chi connectivity index (χ1v) is 26.7. The number of aliphatic hydroxyl groups is 2. The summed E-state index contributed by atoms with van der Waals surface area (Å²) < 4.78 is 5.90. The van der Waals surface area contributed by atoms with Gasteiger partial charge in [0, 0.05) is 6.42 Å². The Bertz CT molecular complexity index is 1170. The summed E-state index contributed by atoms with van der Waals surface area (Å²) >= 11 is 0. The van der Waals surface area contributed by atoms with Crippen LogP contribution >= 0.6 is 0 Å². The van der Waals surface area contributed by atoms with Gasteiger partial charge in [0.1, 0.15) is 6.10 Å². The molecule has 3 N–H and O–H groups in total. The third-order valence-corrected chi connectivity index (χ3v) is 11.8. The first kappa shape index (κ1) is 60.3. The third kappa shape index (κ3) is 45.7. The van der Waals surface area contributed by atoms with Crippen LogP contribution in [0.15, 0.2) is 72.9 Å². The average Bonchev–Trinajstić information content (AvgIpc) is 3.28. The number of hydrogen-bond acceptors (Lipinski definition) is 5. The molecule has 0 fully saturated rings. The molecular weight excluding hydrogens is 779 g/mol. The minimum Gasteiger partial charge on any atom is -0.462 e. The van der Waals surface area contributed by atoms with Gasteiger partial charge in [0.2, 0.25) is 5.91 Å². The van der Waals surface area contributed by atoms with Gasteiger partial charge in [-0.3, -0.25) is 9.59 Å². The Morgan fingerprint density at radius 2 is 0.873 bits per heavy atom. The number of ether oxygens (including phenoxy) is 1. The minimum absolute atomic E-state index is 0.0410. The van der Waals surface area contributed by atoms with Gasteiger partial charge in [0.15, 0.2) is 0 Å². The zero-order valence-corrected chi connectivity index (χ0v) is 41.4. The zero-order valence-electron chi connectivity index (χ0n) is 41.4. The van der Waals surface area contributed by atoms with Crippen LogP contribution in [0.3, 0.4) is 0 Å². The molecule has 3 unspecified atom stereocenters. The maximum absolute atomic E-state index is 13.2. The number of aliphatic hydroxyl groups excluding tert-OH is 2. The van der Waals surface area contributed by atoms with Crippen molar-refractivity contribution in [3.05, 3.63) is 72.9 Å². The molecule has 0 aromatic heterocycles. The van der Waals surface area contributed by atoms with Crippen molar-refractivity contribution in [3.63, 3.8) is 0 Å². The number of allylic oxidation sites excluding steroid dienone is 12. The molecule has 1 amide bonds. The molecule has 0 radical (unpaired) electrons. The maximum atomic E-state index is 13.2. The molecule has 0 aromatic carbocycles. The highest BCUT2D eigenvalue weighted by atomic mass is 16.5. The Morgan fingerprint density at radius 3 is 1.35 bits per heavy atom. The van der Waals surface area contributed by atoms with Gasteiger partial charge < -0.3 is 20.3 Å². The van der Waals surface area contributed by atoms with Crippen LogP contribution in [0.2, 0.25) is 0 Å². The number of nitrogens with one attached hydrogen (secondary N) is 1. The lowest BCUT2D eigenvalue weighted by Crippen LogP contribution is -2.46. The number of hydrogen-bond donors (Lipinski definition) is 3. The van der Waals surface area contributed by atoms with Gasteiger partial charge in [-0.25, -0.2) is 0 Å². The van der Waals surface area contributed by atoms with Crippen LogP contribution in [0.1, 0.15) is 252 Å². The minimum atomic E-state index is -0.802. The molecule has 0 aliphatic carbocycles. The highest BCUT2D eigenvalue weighted by molar-refractivity contribution is 5.77. The fraction of sp³-hybridized carbons (Fsp3) is 0.754. The van der Waals surface area contributed by atoms with Crippen molar-refractivity contribution in [2.24, 2.45) is 0 Å². The van der Waals surface area contributed by atoms with Gasteiger partial charge in [0.25, 0.3) is 0 Å². The highest BCUT2D eigenvalue weighted by Gasteiger charge is 2.24. The van der Waals surface area contributed by atoms with Crippen LogP contribution < -0.4 is 5.32 Å². The highest BCUT2D eigenvalue weighted by Crippen LogP contribution is 2.17. The van der Waals surface area contributed by atoms with E-state index in [0.717, 1.165) is 96.3 Å². The van der Waals surface area contributed by atoms with Gasteiger partial charge >= 0.3 is 5.97 Å². The van der Waals surface area contributed by atoms with Crippen molar-refractivity contribution < 1.29 is 24.5 Å². The molecule has 63 heavy (non-hydrogen) atoms. The number of esters is 1. The van der Waals surface area contributed by atoms with Crippen LogP contribution in [-0.2, 0) is 14.3 Å². The molecule has 0 aromatic rings. The number of carbonyl (C=O) groups excluding carboxylic acids is 2. The second-order valence-corrected chi connectivity index (χ2v) is 17.9. The van der Waals surface area contributed by atoms with Crippen LogP contribution in [0.4, 0.5) is 0 Å². The predicted octanol–water partition coefficient (Wildman–Crippen LogP) is 16.2. The number of unbranched alkanes of at least 4 members (excludes halogenated alkanes) is 23. The summed E-state index contributed by atoms with van der Waals surface area (Å²) in [4.78, 5) is 26.1. The van der Waals surface area contributed by atoms with E-state index in [-0.39, 0.29) is 24.9 Å². The zero-order chi connectivity index (χ0) is 45.9. The summed E-state index contributed by atoms with van der Waals surface area (Å²) in [6.07, 6.45) is 63.9. The van der Waals surface area contributed by atoms with E-state index >= 15 is 0 Å². The quantitative estimate of drug-likeness (QED) is 0.0321. The second-order valence-electron chi connectivity index (χ2n) is 17.9. The average molecular weight is 880 g/mol. The Balaban J connectivity index is 4.59. The molecule has 3 atom stereocenters. The fourth-order valence-corrected chi connectivity index (χ4v) is 7.75. The third-order valence-electron chi connectivity index (χ3n) is 11.8. The van der Waals surface area contributed by atoms with Crippen LogP contribution in [0.5, 0.6) is 0 Å². The first-order valence-electron chi connectivity index (χ1n) is 26.7. The molecule has 0 saturated heterocycles. The van der Waals surface area contributed by atoms with E-state index in [4.69, 9.17) is 4.74 Å². The second kappa shape index (κ2) is 50.3. The summed E-state index contributed by atoms with van der Waals surface area (Å²) in [6.45, 7) is 6.35. The topological polar surface area (TPSA) is 95.9 Å². The van der Waals surface area contributed by atoms with E-state index in [1.165, 1.54) is 109 Å². The summed E-state index contributed by atoms with van der Waals surface area (Å²) in [5.41, 5.74) is 0. The largest absolute Gasteiger partial charge is 0.462 e. The molecule has 364 valence electrons.